The third kappa shape index (κ3) is 4.76. The van der Waals surface area contributed by atoms with Crippen molar-refractivity contribution in [1.82, 2.24) is 9.97 Å². The highest BCUT2D eigenvalue weighted by atomic mass is 32.2. The van der Waals surface area contributed by atoms with Gasteiger partial charge in [-0.15, -0.1) is 0 Å². The molecule has 1 aliphatic heterocycles. The Kier molecular flexibility index (Phi) is 5.93. The molecule has 32 heavy (non-hydrogen) atoms. The maximum atomic E-state index is 12.9. The number of sulfone groups is 1. The first kappa shape index (κ1) is 22.2. The number of hydrogen-bond acceptors (Lipinski definition) is 9. The quantitative estimate of drug-likeness (QED) is 0.395. The van der Waals surface area contributed by atoms with Crippen LogP contribution < -0.4 is 10.0 Å². The second-order valence-corrected chi connectivity index (χ2v) is 11.7. The summed E-state index contributed by atoms with van der Waals surface area (Å²) in [6.07, 6.45) is 0.305. The summed E-state index contributed by atoms with van der Waals surface area (Å²) in [5, 5.41) is 21.1. The summed E-state index contributed by atoms with van der Waals surface area (Å²) in [5.41, 5.74) is 2.05. The Hall–Kier alpha value is -2.96. The van der Waals surface area contributed by atoms with Crippen molar-refractivity contribution >= 4 is 48.2 Å². The van der Waals surface area contributed by atoms with Crippen molar-refractivity contribution < 1.29 is 27.0 Å². The van der Waals surface area contributed by atoms with Crippen LogP contribution in [0.4, 0.5) is 17.3 Å². The van der Waals surface area contributed by atoms with Crippen molar-refractivity contribution in [2.45, 2.75) is 18.1 Å². The van der Waals surface area contributed by atoms with Crippen LogP contribution in [0, 0.1) is 0 Å². The molecule has 12 heteroatoms. The molecule has 1 unspecified atom stereocenters. The Morgan fingerprint density at radius 2 is 1.75 bits per heavy atom. The number of sulfonamides is 1. The molecule has 1 fully saturated rings. The van der Waals surface area contributed by atoms with E-state index in [1.165, 1.54) is 12.1 Å². The minimum absolute atomic E-state index is 0.00858. The van der Waals surface area contributed by atoms with E-state index in [2.05, 4.69) is 20.0 Å². The van der Waals surface area contributed by atoms with Crippen LogP contribution in [0.3, 0.4) is 0 Å². The first-order chi connectivity index (χ1) is 15.2. The van der Waals surface area contributed by atoms with Crippen LogP contribution in [0.15, 0.2) is 42.5 Å². The van der Waals surface area contributed by atoms with Crippen LogP contribution in [0.1, 0.15) is 12.0 Å². The number of phenolic OH excluding ortho intramolecular Hbond substituents is 1. The highest BCUT2D eigenvalue weighted by Crippen LogP contribution is 2.31. The zero-order valence-electron chi connectivity index (χ0n) is 16.9. The van der Waals surface area contributed by atoms with E-state index in [-0.39, 0.29) is 36.2 Å². The van der Waals surface area contributed by atoms with Crippen molar-refractivity contribution in [2.75, 3.05) is 28.2 Å². The Labute approximate surface area is 185 Å². The lowest BCUT2D eigenvalue weighted by molar-refractivity contribution is 0.299. The molecule has 170 valence electrons. The number of aromatic nitrogens is 2. The molecule has 2 aromatic carbocycles. The molecule has 0 amide bonds. The molecule has 1 saturated heterocycles. The van der Waals surface area contributed by atoms with E-state index < -0.39 is 30.9 Å². The molecule has 0 spiro atoms. The number of rotatable bonds is 7. The van der Waals surface area contributed by atoms with Gasteiger partial charge in [0.25, 0.3) is 0 Å². The number of aromatic hydroxyl groups is 1. The highest BCUT2D eigenvalue weighted by molar-refractivity contribution is 7.97. The molecule has 2 heterocycles. The van der Waals surface area contributed by atoms with Crippen molar-refractivity contribution in [3.63, 3.8) is 0 Å². The SMILES string of the molecule is O=S1(=O)CCC(S(=O)(=O)Nc2nc3ccccc3nc2Nc2cc(O)ccc2CCO)C1. The van der Waals surface area contributed by atoms with Gasteiger partial charge in [-0.2, -0.15) is 0 Å². The summed E-state index contributed by atoms with van der Waals surface area (Å²) in [4.78, 5) is 8.86. The summed E-state index contributed by atoms with van der Waals surface area (Å²) in [6, 6.07) is 11.4. The van der Waals surface area contributed by atoms with Gasteiger partial charge in [0.05, 0.1) is 27.8 Å². The average molecular weight is 479 g/mol. The monoisotopic (exact) mass is 478 g/mol. The van der Waals surface area contributed by atoms with Crippen LogP contribution in [0.25, 0.3) is 11.0 Å². The Bertz CT molecular complexity index is 1380. The van der Waals surface area contributed by atoms with Gasteiger partial charge in [0.15, 0.2) is 21.5 Å². The number of aliphatic hydroxyl groups is 1. The minimum atomic E-state index is -4.06. The zero-order chi connectivity index (χ0) is 22.9. The first-order valence-electron chi connectivity index (χ1n) is 9.85. The molecule has 0 aliphatic carbocycles. The molecule has 0 bridgehead atoms. The number of anilines is 3. The fraction of sp³-hybridized carbons (Fsp3) is 0.300. The number of nitrogens with zero attached hydrogens (tertiary/aromatic N) is 2. The number of phenols is 1. The molecule has 1 aromatic heterocycles. The summed E-state index contributed by atoms with van der Waals surface area (Å²) < 4.78 is 51.8. The normalized spacial score (nSPS) is 18.0. The largest absolute Gasteiger partial charge is 0.508 e. The lowest BCUT2D eigenvalue weighted by Crippen LogP contribution is -2.29. The topological polar surface area (TPSA) is 159 Å². The number of benzene rings is 2. The van der Waals surface area contributed by atoms with E-state index in [0.717, 1.165) is 0 Å². The van der Waals surface area contributed by atoms with Crippen molar-refractivity contribution in [1.29, 1.82) is 0 Å². The minimum Gasteiger partial charge on any atom is -0.508 e. The van der Waals surface area contributed by atoms with Gasteiger partial charge in [0.2, 0.25) is 10.0 Å². The van der Waals surface area contributed by atoms with Gasteiger partial charge < -0.3 is 15.5 Å². The molecule has 4 rings (SSSR count). The number of hydrogen-bond donors (Lipinski definition) is 4. The lowest BCUT2D eigenvalue weighted by Gasteiger charge is -2.17. The first-order valence-corrected chi connectivity index (χ1v) is 13.2. The van der Waals surface area contributed by atoms with Crippen LogP contribution in [0.2, 0.25) is 0 Å². The van der Waals surface area contributed by atoms with Crippen LogP contribution in [0.5, 0.6) is 5.75 Å². The fourth-order valence-corrected chi connectivity index (χ4v) is 7.57. The van der Waals surface area contributed by atoms with Crippen LogP contribution in [-0.4, -0.2) is 60.4 Å². The van der Waals surface area contributed by atoms with Gasteiger partial charge in [-0.05, 0) is 36.6 Å². The molecule has 3 aromatic rings. The zero-order valence-corrected chi connectivity index (χ0v) is 18.5. The maximum Gasteiger partial charge on any atom is 0.237 e. The number of nitrogens with one attached hydrogen (secondary N) is 2. The molecule has 0 radical (unpaired) electrons. The van der Waals surface area contributed by atoms with E-state index in [1.807, 2.05) is 0 Å². The van der Waals surface area contributed by atoms with E-state index in [9.17, 15) is 27.0 Å². The van der Waals surface area contributed by atoms with Crippen molar-refractivity contribution in [3.05, 3.63) is 48.0 Å². The van der Waals surface area contributed by atoms with Gasteiger partial charge in [-0.1, -0.05) is 18.2 Å². The van der Waals surface area contributed by atoms with E-state index >= 15 is 0 Å². The predicted molar refractivity (Wildman–Crippen MR) is 121 cm³/mol. The molecule has 1 aliphatic rings. The number of fused-ring (bicyclic) bond motifs is 1. The Morgan fingerprint density at radius 1 is 1.06 bits per heavy atom. The van der Waals surface area contributed by atoms with E-state index in [4.69, 9.17) is 0 Å². The fourth-order valence-electron chi connectivity index (χ4n) is 3.53. The molecular weight excluding hydrogens is 456 g/mol. The van der Waals surface area contributed by atoms with Gasteiger partial charge in [-0.3, -0.25) is 4.72 Å². The highest BCUT2D eigenvalue weighted by Gasteiger charge is 2.38. The van der Waals surface area contributed by atoms with Crippen LogP contribution >= 0.6 is 0 Å². The number of aliphatic hydroxyl groups excluding tert-OH is 1. The van der Waals surface area contributed by atoms with E-state index in [0.29, 0.717) is 28.7 Å². The summed E-state index contributed by atoms with van der Waals surface area (Å²) in [6.45, 7) is -0.126. The third-order valence-corrected chi connectivity index (χ3v) is 8.90. The summed E-state index contributed by atoms with van der Waals surface area (Å²) in [5.74, 6) is -0.661. The van der Waals surface area contributed by atoms with E-state index in [1.54, 1.807) is 30.3 Å². The Morgan fingerprint density at radius 3 is 2.38 bits per heavy atom. The second kappa shape index (κ2) is 8.52. The molecule has 10 nitrogen and oxygen atoms in total. The van der Waals surface area contributed by atoms with Gasteiger partial charge >= 0.3 is 0 Å². The third-order valence-electron chi connectivity index (χ3n) is 5.17. The van der Waals surface area contributed by atoms with Gasteiger partial charge in [0.1, 0.15) is 5.75 Å². The van der Waals surface area contributed by atoms with Crippen LogP contribution in [-0.2, 0) is 26.3 Å². The maximum absolute atomic E-state index is 12.9. The Balaban J connectivity index is 1.76. The average Bonchev–Trinajstić information content (AvgIpc) is 3.11. The summed E-state index contributed by atoms with van der Waals surface area (Å²) in [7, 11) is -7.46. The smallest absolute Gasteiger partial charge is 0.237 e. The summed E-state index contributed by atoms with van der Waals surface area (Å²) >= 11 is 0. The van der Waals surface area contributed by atoms with Crippen molar-refractivity contribution in [2.24, 2.45) is 0 Å². The second-order valence-electron chi connectivity index (χ2n) is 7.52. The molecule has 0 saturated carbocycles. The van der Waals surface area contributed by atoms with Crippen molar-refractivity contribution in [3.8, 4) is 5.75 Å². The van der Waals surface area contributed by atoms with Gasteiger partial charge in [-0.25, -0.2) is 26.8 Å². The predicted octanol–water partition coefficient (Wildman–Crippen LogP) is 1.54. The molecular formula is C20H22N4O6S2. The molecule has 4 N–H and O–H groups in total. The number of para-hydroxylation sites is 2. The standard InChI is InChI=1S/C20H22N4O6S2/c25-9-7-13-5-6-14(26)11-18(13)23-19-20(22-17-4-2-1-3-16(17)21-19)24-32(29,30)15-8-10-31(27,28)12-15/h1-6,11,15,25-26H,7-10,12H2,(H,21,23)(H,22,24). The lowest BCUT2D eigenvalue weighted by atomic mass is 10.1. The molecule has 1 atom stereocenters. The van der Waals surface area contributed by atoms with Gasteiger partial charge in [0, 0.05) is 18.4 Å².